The quantitative estimate of drug-likeness (QED) is 0.195. The van der Waals surface area contributed by atoms with Gasteiger partial charge in [-0.15, -0.1) is 0 Å². The van der Waals surface area contributed by atoms with Crippen molar-refractivity contribution >= 4 is 49.5 Å². The molecule has 3 unspecified atom stereocenters. The molecule has 9 aromatic rings. The van der Waals surface area contributed by atoms with E-state index in [0.717, 1.165) is 38.9 Å². The lowest BCUT2D eigenvalue weighted by Gasteiger charge is -2.36. The third kappa shape index (κ3) is 4.99. The number of aliphatic imine (C=N–C) groups is 1. The second-order valence-corrected chi connectivity index (χ2v) is 14.3. The van der Waals surface area contributed by atoms with Crippen LogP contribution in [0.4, 0.5) is 0 Å². The van der Waals surface area contributed by atoms with Crippen LogP contribution in [0, 0.1) is 5.92 Å². The van der Waals surface area contributed by atoms with E-state index in [-0.39, 0.29) is 18.1 Å². The summed E-state index contributed by atoms with van der Waals surface area (Å²) in [5, 5.41) is 8.61. The van der Waals surface area contributed by atoms with Gasteiger partial charge in [-0.3, -0.25) is 10.3 Å². The van der Waals surface area contributed by atoms with E-state index in [2.05, 4.69) is 198 Å². The smallest absolute Gasteiger partial charge is 0.137 e. The summed E-state index contributed by atoms with van der Waals surface area (Å²) in [5.74, 6) is 0.144. The van der Waals surface area contributed by atoms with E-state index < -0.39 is 0 Å². The summed E-state index contributed by atoms with van der Waals surface area (Å²) in [6.07, 6.45) is 8.42. The van der Waals surface area contributed by atoms with Gasteiger partial charge in [0.15, 0.2) is 0 Å². The fraction of sp³-hybridized carbons (Fsp3) is 0.0600. The minimum absolute atomic E-state index is 0.0598. The number of allylic oxidation sites excluding steroid dienone is 3. The third-order valence-electron chi connectivity index (χ3n) is 11.2. The maximum atomic E-state index is 6.70. The first-order valence-corrected chi connectivity index (χ1v) is 18.6. The molecule has 3 heterocycles. The number of nitrogens with one attached hydrogen (secondary N) is 1. The molecule has 4 nitrogen and oxygen atoms in total. The topological polar surface area (TPSA) is 42.5 Å². The van der Waals surface area contributed by atoms with Gasteiger partial charge in [-0.1, -0.05) is 146 Å². The number of rotatable bonds is 5. The minimum Gasteiger partial charge on any atom is -0.456 e. The Hall–Kier alpha value is -6.75. The number of hydrogen-bond donors (Lipinski definition) is 1. The number of hydrogen-bond acceptors (Lipinski definition) is 3. The molecule has 2 aliphatic rings. The lowest BCUT2D eigenvalue weighted by molar-refractivity contribution is 0.400. The highest BCUT2D eigenvalue weighted by atomic mass is 16.3. The van der Waals surface area contributed by atoms with Crippen molar-refractivity contribution in [3.8, 4) is 27.9 Å². The van der Waals surface area contributed by atoms with Gasteiger partial charge in [-0.05, 0) is 64.2 Å². The van der Waals surface area contributed by atoms with Crippen molar-refractivity contribution in [3.63, 3.8) is 0 Å². The van der Waals surface area contributed by atoms with E-state index in [1.54, 1.807) is 0 Å². The van der Waals surface area contributed by atoms with Crippen LogP contribution in [0.5, 0.6) is 0 Å². The summed E-state index contributed by atoms with van der Waals surface area (Å²) >= 11 is 0. The van der Waals surface area contributed by atoms with Crippen molar-refractivity contribution < 1.29 is 4.42 Å². The molecule has 0 saturated heterocycles. The second-order valence-electron chi connectivity index (χ2n) is 14.3. The van der Waals surface area contributed by atoms with Gasteiger partial charge in [0.05, 0.1) is 11.0 Å². The molecule has 1 aliphatic heterocycles. The minimum atomic E-state index is -0.246. The Morgan fingerprint density at radius 2 is 1.24 bits per heavy atom. The zero-order valence-corrected chi connectivity index (χ0v) is 29.4. The SMILES string of the molecule is C1=CC2=NC(c3cccc4oc5cc(-n6c7ccccc7c7ccc(-c8ccccc8)cc76)ccc5c34)NC(c3ccc(-c4ccccc4)cc3)C2C=C1. The van der Waals surface area contributed by atoms with E-state index >= 15 is 0 Å². The highest BCUT2D eigenvalue weighted by Gasteiger charge is 2.34. The first kappa shape index (κ1) is 30.8. The van der Waals surface area contributed by atoms with E-state index in [1.807, 2.05) is 0 Å². The van der Waals surface area contributed by atoms with Crippen molar-refractivity contribution in [1.82, 2.24) is 9.88 Å². The molecule has 4 heteroatoms. The summed E-state index contributed by atoms with van der Waals surface area (Å²) in [4.78, 5) is 5.33. The van der Waals surface area contributed by atoms with Gasteiger partial charge in [0, 0.05) is 56.5 Å². The molecule has 0 radical (unpaired) electrons. The average molecular weight is 694 g/mol. The van der Waals surface area contributed by atoms with Crippen LogP contribution in [0.15, 0.2) is 198 Å². The number of benzene rings is 7. The predicted molar refractivity (Wildman–Crippen MR) is 223 cm³/mol. The number of para-hydroxylation sites is 1. The Kier molecular flexibility index (Phi) is 7.10. The number of aromatic nitrogens is 1. The highest BCUT2D eigenvalue weighted by molar-refractivity contribution is 6.11. The normalized spacial score (nSPS) is 18.1. The van der Waals surface area contributed by atoms with Gasteiger partial charge in [-0.25, -0.2) is 0 Å². The average Bonchev–Trinajstić information content (AvgIpc) is 3.79. The second kappa shape index (κ2) is 12.4. The molecule has 7 aromatic carbocycles. The zero-order chi connectivity index (χ0) is 35.6. The van der Waals surface area contributed by atoms with Gasteiger partial charge in [0.25, 0.3) is 0 Å². The van der Waals surface area contributed by atoms with Crippen molar-refractivity contribution in [3.05, 3.63) is 199 Å². The standard InChI is InChI=1S/C50H35N3O/c1-3-12-32(13-4-1)34-22-24-35(25-23-34)49-40-17-7-9-19-43(40)51-50(52-49)42-18-11-21-46-48(42)41-29-27-37(31-47(41)54-46)53-44-20-10-8-16-38(44)39-28-26-36(30-45(39)53)33-14-5-2-6-15-33/h1-31,40,49-50,52H. The summed E-state index contributed by atoms with van der Waals surface area (Å²) in [7, 11) is 0. The fourth-order valence-electron chi connectivity index (χ4n) is 8.66. The van der Waals surface area contributed by atoms with Crippen LogP contribution in [-0.4, -0.2) is 10.3 Å². The van der Waals surface area contributed by atoms with Crippen LogP contribution in [-0.2, 0) is 0 Å². The van der Waals surface area contributed by atoms with Crippen LogP contribution in [0.25, 0.3) is 71.7 Å². The molecule has 256 valence electrons. The van der Waals surface area contributed by atoms with Crippen LogP contribution in [0.1, 0.15) is 23.3 Å². The first-order chi connectivity index (χ1) is 26.8. The molecular weight excluding hydrogens is 659 g/mol. The van der Waals surface area contributed by atoms with Gasteiger partial charge in [0.1, 0.15) is 17.3 Å². The maximum Gasteiger partial charge on any atom is 0.137 e. The molecule has 2 aromatic heterocycles. The summed E-state index contributed by atoms with van der Waals surface area (Å²) in [6, 6.07) is 58.7. The Morgan fingerprint density at radius 3 is 2.07 bits per heavy atom. The van der Waals surface area contributed by atoms with E-state index in [0.29, 0.717) is 0 Å². The summed E-state index contributed by atoms with van der Waals surface area (Å²) in [5.41, 5.74) is 13.4. The highest BCUT2D eigenvalue weighted by Crippen LogP contribution is 2.42. The van der Waals surface area contributed by atoms with Crippen LogP contribution < -0.4 is 5.32 Å². The molecule has 1 N–H and O–H groups in total. The summed E-state index contributed by atoms with van der Waals surface area (Å²) < 4.78 is 9.07. The van der Waals surface area contributed by atoms with E-state index in [1.165, 1.54) is 49.6 Å². The fourth-order valence-corrected chi connectivity index (χ4v) is 8.66. The predicted octanol–water partition coefficient (Wildman–Crippen LogP) is 12.5. The van der Waals surface area contributed by atoms with Crippen LogP contribution in [0.2, 0.25) is 0 Å². The summed E-state index contributed by atoms with van der Waals surface area (Å²) in [6.45, 7) is 0. The Balaban J connectivity index is 1.02. The molecule has 11 rings (SSSR count). The van der Waals surface area contributed by atoms with Crippen molar-refractivity contribution in [1.29, 1.82) is 0 Å². The number of furan rings is 1. The van der Waals surface area contributed by atoms with Crippen molar-refractivity contribution in [2.75, 3.05) is 0 Å². The molecule has 0 spiro atoms. The molecule has 0 fully saturated rings. The molecule has 3 atom stereocenters. The molecule has 0 amide bonds. The molecule has 0 bridgehead atoms. The Labute approximate surface area is 313 Å². The number of fused-ring (bicyclic) bond motifs is 7. The Morgan fingerprint density at radius 1 is 0.537 bits per heavy atom. The largest absolute Gasteiger partial charge is 0.456 e. The molecular formula is C50H35N3O. The van der Waals surface area contributed by atoms with E-state index in [9.17, 15) is 0 Å². The van der Waals surface area contributed by atoms with Gasteiger partial charge in [-0.2, -0.15) is 0 Å². The zero-order valence-electron chi connectivity index (χ0n) is 29.4. The first-order valence-electron chi connectivity index (χ1n) is 18.6. The number of nitrogens with zero attached hydrogens (tertiary/aromatic N) is 2. The monoisotopic (exact) mass is 693 g/mol. The lowest BCUT2D eigenvalue weighted by atomic mass is 9.83. The third-order valence-corrected chi connectivity index (χ3v) is 11.2. The van der Waals surface area contributed by atoms with Gasteiger partial charge >= 0.3 is 0 Å². The molecule has 0 saturated carbocycles. The Bertz CT molecular complexity index is 2970. The van der Waals surface area contributed by atoms with Crippen LogP contribution >= 0.6 is 0 Å². The lowest BCUT2D eigenvalue weighted by Crippen LogP contribution is -2.39. The van der Waals surface area contributed by atoms with Crippen molar-refractivity contribution in [2.45, 2.75) is 12.2 Å². The maximum absolute atomic E-state index is 6.70. The molecule has 54 heavy (non-hydrogen) atoms. The van der Waals surface area contributed by atoms with Crippen molar-refractivity contribution in [2.24, 2.45) is 10.9 Å². The van der Waals surface area contributed by atoms with Crippen LogP contribution in [0.3, 0.4) is 0 Å². The van der Waals surface area contributed by atoms with E-state index in [4.69, 9.17) is 9.41 Å². The van der Waals surface area contributed by atoms with Gasteiger partial charge < -0.3 is 8.98 Å². The molecule has 1 aliphatic carbocycles. The van der Waals surface area contributed by atoms with Gasteiger partial charge in [0.2, 0.25) is 0 Å².